The number of rotatable bonds is 8. The molecule has 0 aliphatic carbocycles. The maximum Gasteiger partial charge on any atom is 0.271 e. The van der Waals surface area contributed by atoms with Gasteiger partial charge in [-0.1, -0.05) is 13.0 Å². The number of non-ortho nitro benzene ring substituents is 1. The van der Waals surface area contributed by atoms with Gasteiger partial charge in [0.2, 0.25) is 15.9 Å². The van der Waals surface area contributed by atoms with Crippen LogP contribution in [0.3, 0.4) is 0 Å². The highest BCUT2D eigenvalue weighted by atomic mass is 32.2. The standard InChI is InChI=1S/C18H21N3O6S/c1-4-17(18(22)19-13-6-5-7-15(12-13)21(23)24)20(28(3,25)26)14-8-10-16(27-2)11-9-14/h5-12,17H,4H2,1-3H3,(H,19,22)/t17-/m1/s1. The van der Waals surface area contributed by atoms with Gasteiger partial charge in [-0.05, 0) is 36.8 Å². The predicted molar refractivity (Wildman–Crippen MR) is 106 cm³/mol. The summed E-state index contributed by atoms with van der Waals surface area (Å²) in [4.78, 5) is 23.1. The van der Waals surface area contributed by atoms with Gasteiger partial charge in [-0.3, -0.25) is 19.2 Å². The molecule has 0 heterocycles. The van der Waals surface area contributed by atoms with Gasteiger partial charge in [0, 0.05) is 17.8 Å². The number of carbonyl (C=O) groups excluding carboxylic acids is 1. The molecule has 0 fully saturated rings. The summed E-state index contributed by atoms with van der Waals surface area (Å²) in [5.41, 5.74) is 0.339. The Balaban J connectivity index is 2.36. The summed E-state index contributed by atoms with van der Waals surface area (Å²) in [5.74, 6) is -0.0458. The Bertz CT molecular complexity index is 960. The fourth-order valence-corrected chi connectivity index (χ4v) is 3.92. The largest absolute Gasteiger partial charge is 0.497 e. The third-order valence-corrected chi connectivity index (χ3v) is 5.16. The summed E-state index contributed by atoms with van der Waals surface area (Å²) in [6.45, 7) is 1.68. The van der Waals surface area contributed by atoms with Gasteiger partial charge >= 0.3 is 0 Å². The summed E-state index contributed by atoms with van der Waals surface area (Å²) in [5, 5.41) is 13.5. The number of nitrogens with one attached hydrogen (secondary N) is 1. The Morgan fingerprint density at radius 2 is 1.89 bits per heavy atom. The van der Waals surface area contributed by atoms with Crippen molar-refractivity contribution < 1.29 is 22.9 Å². The molecule has 10 heteroatoms. The third kappa shape index (κ3) is 4.97. The average Bonchev–Trinajstić information content (AvgIpc) is 2.65. The number of hydrogen-bond acceptors (Lipinski definition) is 6. The van der Waals surface area contributed by atoms with Gasteiger partial charge in [-0.25, -0.2) is 8.42 Å². The monoisotopic (exact) mass is 407 g/mol. The first kappa shape index (κ1) is 21.2. The highest BCUT2D eigenvalue weighted by molar-refractivity contribution is 7.92. The second kappa shape index (κ2) is 8.70. The summed E-state index contributed by atoms with van der Waals surface area (Å²) >= 11 is 0. The second-order valence-corrected chi connectivity index (χ2v) is 7.84. The number of nitro groups is 1. The number of nitrogens with zero attached hydrogens (tertiary/aromatic N) is 2. The smallest absolute Gasteiger partial charge is 0.271 e. The molecule has 1 amide bonds. The molecule has 1 N–H and O–H groups in total. The SMILES string of the molecule is CC[C@H](C(=O)Nc1cccc([N+](=O)[O-])c1)N(c1ccc(OC)cc1)S(C)(=O)=O. The number of sulfonamides is 1. The Morgan fingerprint density at radius 1 is 1.25 bits per heavy atom. The first-order chi connectivity index (χ1) is 13.2. The highest BCUT2D eigenvalue weighted by Crippen LogP contribution is 2.26. The maximum atomic E-state index is 12.8. The van der Waals surface area contributed by atoms with Crippen molar-refractivity contribution in [2.24, 2.45) is 0 Å². The van der Waals surface area contributed by atoms with Crippen LogP contribution in [0.4, 0.5) is 17.1 Å². The number of anilines is 2. The van der Waals surface area contributed by atoms with E-state index in [1.54, 1.807) is 31.2 Å². The minimum Gasteiger partial charge on any atom is -0.497 e. The van der Waals surface area contributed by atoms with E-state index in [2.05, 4.69) is 5.32 Å². The quantitative estimate of drug-likeness (QED) is 0.531. The second-order valence-electron chi connectivity index (χ2n) is 5.98. The number of ether oxygens (including phenoxy) is 1. The van der Waals surface area contributed by atoms with Crippen LogP contribution in [0, 0.1) is 10.1 Å². The summed E-state index contributed by atoms with van der Waals surface area (Å²) in [6, 6.07) is 10.7. The van der Waals surface area contributed by atoms with Crippen LogP contribution in [-0.4, -0.2) is 38.7 Å². The van der Waals surface area contributed by atoms with Crippen molar-refractivity contribution >= 4 is 33.0 Å². The van der Waals surface area contributed by atoms with Crippen LogP contribution in [0.15, 0.2) is 48.5 Å². The van der Waals surface area contributed by atoms with E-state index < -0.39 is 26.9 Å². The van der Waals surface area contributed by atoms with Crippen molar-refractivity contribution in [1.82, 2.24) is 0 Å². The fraction of sp³-hybridized carbons (Fsp3) is 0.278. The lowest BCUT2D eigenvalue weighted by atomic mass is 10.1. The molecule has 0 spiro atoms. The molecule has 0 bridgehead atoms. The van der Waals surface area contributed by atoms with E-state index in [1.807, 2.05) is 0 Å². The number of nitro benzene ring substituents is 1. The third-order valence-electron chi connectivity index (χ3n) is 3.98. The van der Waals surface area contributed by atoms with Crippen molar-refractivity contribution in [3.05, 3.63) is 58.6 Å². The molecule has 0 saturated heterocycles. The molecule has 0 saturated carbocycles. The first-order valence-electron chi connectivity index (χ1n) is 8.36. The topological polar surface area (TPSA) is 119 Å². The van der Waals surface area contributed by atoms with Crippen molar-refractivity contribution in [2.75, 3.05) is 23.0 Å². The van der Waals surface area contributed by atoms with Gasteiger partial charge in [-0.15, -0.1) is 0 Å². The van der Waals surface area contributed by atoms with Crippen molar-refractivity contribution in [3.63, 3.8) is 0 Å². The molecule has 9 nitrogen and oxygen atoms in total. The van der Waals surface area contributed by atoms with E-state index in [0.717, 1.165) is 10.6 Å². The van der Waals surface area contributed by atoms with Crippen LogP contribution in [0.25, 0.3) is 0 Å². The summed E-state index contributed by atoms with van der Waals surface area (Å²) in [7, 11) is -2.29. The molecule has 0 unspecified atom stereocenters. The Labute approximate surface area is 163 Å². The number of amides is 1. The van der Waals surface area contributed by atoms with Crippen LogP contribution >= 0.6 is 0 Å². The van der Waals surface area contributed by atoms with E-state index in [9.17, 15) is 23.3 Å². The van der Waals surface area contributed by atoms with Gasteiger partial charge in [-0.2, -0.15) is 0 Å². The van der Waals surface area contributed by atoms with E-state index in [4.69, 9.17) is 4.74 Å². The molecule has 0 aliphatic heterocycles. The van der Waals surface area contributed by atoms with E-state index in [-0.39, 0.29) is 17.8 Å². The lowest BCUT2D eigenvalue weighted by Gasteiger charge is -2.30. The predicted octanol–water partition coefficient (Wildman–Crippen LogP) is 2.79. The van der Waals surface area contributed by atoms with Gasteiger partial charge in [0.15, 0.2) is 0 Å². The van der Waals surface area contributed by atoms with Crippen LogP contribution in [0.2, 0.25) is 0 Å². The zero-order valence-electron chi connectivity index (χ0n) is 15.7. The van der Waals surface area contributed by atoms with Crippen molar-refractivity contribution in [2.45, 2.75) is 19.4 Å². The summed E-state index contributed by atoms with van der Waals surface area (Å²) in [6.07, 6.45) is 1.21. The number of benzene rings is 2. The van der Waals surface area contributed by atoms with Crippen molar-refractivity contribution in [3.8, 4) is 5.75 Å². The highest BCUT2D eigenvalue weighted by Gasteiger charge is 2.31. The van der Waals surface area contributed by atoms with Crippen LogP contribution in [0.5, 0.6) is 5.75 Å². The Morgan fingerprint density at radius 3 is 2.39 bits per heavy atom. The lowest BCUT2D eigenvalue weighted by Crippen LogP contribution is -2.47. The van der Waals surface area contributed by atoms with E-state index in [0.29, 0.717) is 11.4 Å². The summed E-state index contributed by atoms with van der Waals surface area (Å²) < 4.78 is 30.9. The van der Waals surface area contributed by atoms with Gasteiger partial charge in [0.1, 0.15) is 11.8 Å². The zero-order chi connectivity index (χ0) is 20.9. The van der Waals surface area contributed by atoms with Gasteiger partial charge < -0.3 is 10.1 Å². The molecule has 0 radical (unpaired) electrons. The fourth-order valence-electron chi connectivity index (χ4n) is 2.71. The molecule has 150 valence electrons. The minimum atomic E-state index is -3.78. The van der Waals surface area contributed by atoms with E-state index in [1.165, 1.54) is 31.4 Å². The first-order valence-corrected chi connectivity index (χ1v) is 10.2. The van der Waals surface area contributed by atoms with Crippen LogP contribution in [0.1, 0.15) is 13.3 Å². The van der Waals surface area contributed by atoms with Crippen LogP contribution < -0.4 is 14.4 Å². The Hall–Kier alpha value is -3.14. The normalized spacial score (nSPS) is 12.1. The molecule has 2 aromatic rings. The van der Waals surface area contributed by atoms with Crippen molar-refractivity contribution in [1.29, 1.82) is 0 Å². The molecule has 0 aliphatic rings. The van der Waals surface area contributed by atoms with Gasteiger partial charge in [0.25, 0.3) is 5.69 Å². The number of carbonyl (C=O) groups is 1. The Kier molecular flexibility index (Phi) is 6.57. The van der Waals surface area contributed by atoms with E-state index >= 15 is 0 Å². The molecule has 2 aromatic carbocycles. The molecule has 0 aromatic heterocycles. The minimum absolute atomic E-state index is 0.180. The molecular formula is C18H21N3O6S. The van der Waals surface area contributed by atoms with Crippen LogP contribution in [-0.2, 0) is 14.8 Å². The molecular weight excluding hydrogens is 386 g/mol. The lowest BCUT2D eigenvalue weighted by molar-refractivity contribution is -0.384. The number of methoxy groups -OCH3 is 1. The molecule has 28 heavy (non-hydrogen) atoms. The number of hydrogen-bond donors (Lipinski definition) is 1. The average molecular weight is 407 g/mol. The maximum absolute atomic E-state index is 12.8. The van der Waals surface area contributed by atoms with Gasteiger partial charge in [0.05, 0.1) is 24.0 Å². The zero-order valence-corrected chi connectivity index (χ0v) is 16.5. The molecule has 1 atom stereocenters. The molecule has 2 rings (SSSR count).